The predicted octanol–water partition coefficient (Wildman–Crippen LogP) is -8.59. The summed E-state index contributed by atoms with van der Waals surface area (Å²) in [6.07, 6.45) is -1.50. The van der Waals surface area contributed by atoms with Gasteiger partial charge in [-0.15, -0.1) is 16.9 Å². The van der Waals surface area contributed by atoms with Crippen LogP contribution in [0.5, 0.6) is 0 Å². The molecule has 186 valence electrons. The van der Waals surface area contributed by atoms with Crippen molar-refractivity contribution in [2.45, 2.75) is 28.6 Å². The van der Waals surface area contributed by atoms with Crippen LogP contribution in [0.1, 0.15) is 11.7 Å². The molecule has 3 unspecified atom stereocenters. The van der Waals surface area contributed by atoms with E-state index in [1.807, 2.05) is 0 Å². The number of nitrogens with zero attached hydrogens (tertiary/aromatic N) is 5. The zero-order valence-electron chi connectivity index (χ0n) is 19.5. The summed E-state index contributed by atoms with van der Waals surface area (Å²) in [4.78, 5) is 38.0. The van der Waals surface area contributed by atoms with Gasteiger partial charge in [0.2, 0.25) is 5.16 Å². The van der Waals surface area contributed by atoms with Crippen LogP contribution in [0.2, 0.25) is 0 Å². The number of rotatable bonds is 9. The topological polar surface area (TPSA) is 211 Å². The van der Waals surface area contributed by atoms with E-state index < -0.39 is 51.3 Å². The molecule has 1 aromatic carbocycles. The number of benzene rings is 1. The van der Waals surface area contributed by atoms with Gasteiger partial charge >= 0.3 is 59.1 Å². The molecule has 2 aromatic rings. The molecule has 0 aliphatic carbocycles. The van der Waals surface area contributed by atoms with Gasteiger partial charge < -0.3 is 24.9 Å². The normalized spacial score (nSPS) is 19.6. The molecule has 0 saturated carbocycles. The molecule has 0 bridgehead atoms. The second kappa shape index (κ2) is 13.4. The molecule has 37 heavy (non-hydrogen) atoms. The number of aliphatic hydroxyl groups excluding tert-OH is 1. The Balaban J connectivity index is 0.00000241. The molecule has 2 amide bonds. The molecular formula is C18H16N6Na2O8S3. The van der Waals surface area contributed by atoms with Crippen molar-refractivity contribution in [1.29, 1.82) is 0 Å². The molecule has 2 aliphatic rings. The van der Waals surface area contributed by atoms with Crippen molar-refractivity contribution < 1.29 is 96.7 Å². The monoisotopic (exact) mass is 586 g/mol. The van der Waals surface area contributed by atoms with E-state index in [4.69, 9.17) is 0 Å². The number of carboxylic acids is 1. The predicted molar refractivity (Wildman–Crippen MR) is 117 cm³/mol. The van der Waals surface area contributed by atoms with Crippen LogP contribution in [0.25, 0.3) is 0 Å². The Labute approximate surface area is 263 Å². The van der Waals surface area contributed by atoms with Crippen molar-refractivity contribution in [2.75, 3.05) is 11.5 Å². The van der Waals surface area contributed by atoms with Crippen molar-refractivity contribution in [1.82, 2.24) is 30.4 Å². The molecule has 3 heterocycles. The summed E-state index contributed by atoms with van der Waals surface area (Å²) in [7, 11) is -4.66. The van der Waals surface area contributed by atoms with Gasteiger partial charge in [0.15, 0.2) is 6.10 Å². The second-order valence-electron chi connectivity index (χ2n) is 7.39. The van der Waals surface area contributed by atoms with E-state index in [9.17, 15) is 37.6 Å². The van der Waals surface area contributed by atoms with Gasteiger partial charge in [0.05, 0.1) is 11.7 Å². The Morgan fingerprint density at radius 2 is 1.95 bits per heavy atom. The number of carbonyl (C=O) groups is 3. The van der Waals surface area contributed by atoms with E-state index in [1.165, 1.54) is 11.8 Å². The van der Waals surface area contributed by atoms with Crippen LogP contribution in [0.4, 0.5) is 0 Å². The van der Waals surface area contributed by atoms with Gasteiger partial charge in [-0.25, -0.2) is 13.1 Å². The van der Waals surface area contributed by atoms with Crippen LogP contribution < -0.4 is 69.5 Å². The zero-order chi connectivity index (χ0) is 25.3. The standard InChI is InChI=1S/C18H18N6O8S3.2Na/c25-13(9-4-2-1-3-5-9)14(26)19-11-15(27)24-12(17(28)29)10(6-33-16(11)24)7-34-18-20-21-22-23(18)8-35(30,31)32;;/h1-5,11,13,16,25H,6-8H2,(H,19,26)(H,28,29)(H,30,31,32);;/q;2*+1/p-2. The van der Waals surface area contributed by atoms with E-state index >= 15 is 0 Å². The number of aliphatic carboxylic acids is 1. The van der Waals surface area contributed by atoms with E-state index in [2.05, 4.69) is 20.8 Å². The molecule has 4 rings (SSSR count). The summed E-state index contributed by atoms with van der Waals surface area (Å²) >= 11 is 2.08. The third kappa shape index (κ3) is 7.36. The average Bonchev–Trinajstić information content (AvgIpc) is 3.25. The molecule has 1 aromatic heterocycles. The number of amides is 2. The van der Waals surface area contributed by atoms with Crippen molar-refractivity contribution >= 4 is 51.4 Å². The molecule has 1 saturated heterocycles. The number of hydrogen-bond donors (Lipinski definition) is 2. The SMILES string of the molecule is O=C([O-])C1=C(CSc2nnnn2CS(=O)(=O)[O-])CSC2C(NC(=O)C(O)c3ccccc3)C(=O)N12.[Na+].[Na+]. The number of aromatic nitrogens is 4. The first-order chi connectivity index (χ1) is 16.6. The maximum Gasteiger partial charge on any atom is 1.00 e. The smallest absolute Gasteiger partial charge is 0.747 e. The molecule has 0 radical (unpaired) electrons. The van der Waals surface area contributed by atoms with Gasteiger partial charge in [0, 0.05) is 11.5 Å². The Hall–Kier alpha value is -0.990. The summed E-state index contributed by atoms with van der Waals surface area (Å²) in [5.41, 5.74) is 0.265. The van der Waals surface area contributed by atoms with Crippen molar-refractivity contribution in [3.05, 3.63) is 47.2 Å². The Kier molecular flexibility index (Phi) is 11.7. The minimum atomic E-state index is -4.66. The first-order valence-electron chi connectivity index (χ1n) is 9.81. The molecule has 0 spiro atoms. The van der Waals surface area contributed by atoms with Crippen LogP contribution in [-0.4, -0.2) is 83.9 Å². The maximum atomic E-state index is 12.7. The third-order valence-electron chi connectivity index (χ3n) is 5.06. The average molecular weight is 587 g/mol. The molecule has 2 aliphatic heterocycles. The number of β-lactam (4-membered cyclic amide) rings is 1. The van der Waals surface area contributed by atoms with Gasteiger partial charge in [-0.2, -0.15) is 0 Å². The summed E-state index contributed by atoms with van der Waals surface area (Å²) in [6, 6.07) is 7.08. The number of thioether (sulfide) groups is 2. The van der Waals surface area contributed by atoms with Crippen LogP contribution >= 0.6 is 23.5 Å². The number of carbonyl (C=O) groups excluding carboxylic acids is 3. The van der Waals surface area contributed by atoms with E-state index in [0.29, 0.717) is 11.1 Å². The number of tetrazole rings is 1. The first kappa shape index (κ1) is 32.2. The third-order valence-corrected chi connectivity index (χ3v) is 8.00. The fourth-order valence-electron chi connectivity index (χ4n) is 3.48. The molecule has 1 fully saturated rings. The summed E-state index contributed by atoms with van der Waals surface area (Å²) in [6.45, 7) is 0. The quantitative estimate of drug-likeness (QED) is 0.121. The zero-order valence-corrected chi connectivity index (χ0v) is 26.0. The number of fused-ring (bicyclic) bond motifs is 1. The van der Waals surface area contributed by atoms with Crippen molar-refractivity contribution in [3.63, 3.8) is 0 Å². The molecule has 3 atom stereocenters. The van der Waals surface area contributed by atoms with E-state index in [-0.39, 0.29) is 81.5 Å². The molecular weight excluding hydrogens is 570 g/mol. The Bertz CT molecular complexity index is 1310. The fraction of sp³-hybridized carbons (Fsp3) is 0.333. The minimum absolute atomic E-state index is 0. The fourth-order valence-corrected chi connectivity index (χ4v) is 6.40. The van der Waals surface area contributed by atoms with E-state index in [1.54, 1.807) is 30.3 Å². The Morgan fingerprint density at radius 3 is 2.57 bits per heavy atom. The summed E-state index contributed by atoms with van der Waals surface area (Å²) in [5.74, 6) is -3.95. The van der Waals surface area contributed by atoms with Crippen LogP contribution in [-0.2, 0) is 30.4 Å². The van der Waals surface area contributed by atoms with E-state index in [0.717, 1.165) is 21.3 Å². The van der Waals surface area contributed by atoms with Crippen molar-refractivity contribution in [3.8, 4) is 0 Å². The van der Waals surface area contributed by atoms with Gasteiger partial charge in [0.1, 0.15) is 27.4 Å². The number of hydrogen-bond acceptors (Lipinski definition) is 13. The van der Waals surface area contributed by atoms with Crippen molar-refractivity contribution in [2.24, 2.45) is 0 Å². The molecule has 14 nitrogen and oxygen atoms in total. The second-order valence-corrected chi connectivity index (χ2v) is 10.8. The number of nitrogens with one attached hydrogen (secondary N) is 1. The van der Waals surface area contributed by atoms with Gasteiger partial charge in [-0.1, -0.05) is 42.1 Å². The Morgan fingerprint density at radius 1 is 1.27 bits per heavy atom. The summed E-state index contributed by atoms with van der Waals surface area (Å²) < 4.78 is 33.7. The van der Waals surface area contributed by atoms with Crippen LogP contribution in [0.3, 0.4) is 0 Å². The number of carboxylic acid groups (broad SMARTS) is 1. The largest absolute Gasteiger partial charge is 1.00 e. The first-order valence-corrected chi connectivity index (χ1v) is 13.4. The number of aliphatic hydroxyl groups is 1. The van der Waals surface area contributed by atoms with Gasteiger partial charge in [-0.05, 0) is 21.6 Å². The minimum Gasteiger partial charge on any atom is -0.747 e. The van der Waals surface area contributed by atoms with Gasteiger partial charge in [0.25, 0.3) is 11.8 Å². The molecule has 19 heteroatoms. The van der Waals surface area contributed by atoms with Gasteiger partial charge in [-0.3, -0.25) is 14.5 Å². The molecule has 2 N–H and O–H groups in total. The maximum absolute atomic E-state index is 12.7. The van der Waals surface area contributed by atoms with Crippen LogP contribution in [0, 0.1) is 0 Å². The summed E-state index contributed by atoms with van der Waals surface area (Å²) in [5, 5.41) is 34.2. The van der Waals surface area contributed by atoms with Crippen LogP contribution in [0.15, 0.2) is 46.8 Å².